The number of aliphatic hydroxyl groups excluding tert-OH is 1. The molecule has 0 bridgehead atoms. The molecule has 1 N–H and O–H groups in total. The maximum atomic E-state index is 11.9. The van der Waals surface area contributed by atoms with Gasteiger partial charge >= 0.3 is 0 Å². The van der Waals surface area contributed by atoms with Crippen LogP contribution >= 0.6 is 0 Å². The van der Waals surface area contributed by atoms with Crippen molar-refractivity contribution in [3.63, 3.8) is 0 Å². The molecule has 0 saturated carbocycles. The maximum absolute atomic E-state index is 11.9. The van der Waals surface area contributed by atoms with Crippen molar-refractivity contribution in [3.05, 3.63) is 0 Å². The Labute approximate surface area is 103 Å². The number of rotatable bonds is 6. The Morgan fingerprint density at radius 2 is 2.29 bits per heavy atom. The van der Waals surface area contributed by atoms with E-state index in [9.17, 15) is 4.79 Å². The van der Waals surface area contributed by atoms with E-state index in [-0.39, 0.29) is 24.7 Å². The topological polar surface area (TPSA) is 59.0 Å². The van der Waals surface area contributed by atoms with E-state index < -0.39 is 0 Å². The van der Waals surface area contributed by atoms with Gasteiger partial charge in [0, 0.05) is 32.7 Å². The largest absolute Gasteiger partial charge is 0.394 e. The Kier molecular flexibility index (Phi) is 6.47. The van der Waals surface area contributed by atoms with Crippen LogP contribution in [0.25, 0.3) is 0 Å². The van der Waals surface area contributed by atoms with Crippen LogP contribution in [0.2, 0.25) is 0 Å². The van der Waals surface area contributed by atoms with Gasteiger partial charge in [-0.3, -0.25) is 4.79 Å². The summed E-state index contributed by atoms with van der Waals surface area (Å²) in [5.41, 5.74) is 0. The first-order valence-electron chi connectivity index (χ1n) is 6.29. The van der Waals surface area contributed by atoms with Crippen molar-refractivity contribution in [3.8, 4) is 0 Å². The summed E-state index contributed by atoms with van der Waals surface area (Å²) in [6, 6.07) is 0. The Morgan fingerprint density at radius 1 is 1.53 bits per heavy atom. The highest BCUT2D eigenvalue weighted by atomic mass is 16.5. The monoisotopic (exact) mass is 245 g/mol. The number of amides is 1. The number of ether oxygens (including phenoxy) is 2. The molecular weight excluding hydrogens is 222 g/mol. The van der Waals surface area contributed by atoms with Gasteiger partial charge < -0.3 is 19.5 Å². The molecule has 2 unspecified atom stereocenters. The van der Waals surface area contributed by atoms with Crippen LogP contribution < -0.4 is 0 Å². The zero-order valence-electron chi connectivity index (χ0n) is 10.7. The van der Waals surface area contributed by atoms with Gasteiger partial charge in [0.25, 0.3) is 0 Å². The van der Waals surface area contributed by atoms with Crippen molar-refractivity contribution in [1.29, 1.82) is 0 Å². The van der Waals surface area contributed by atoms with Crippen LogP contribution in [0.3, 0.4) is 0 Å². The molecule has 1 aliphatic rings. The third kappa shape index (κ3) is 5.02. The lowest BCUT2D eigenvalue weighted by molar-refractivity contribution is -0.147. The smallest absolute Gasteiger partial charge is 0.222 e. The minimum absolute atomic E-state index is 0.00302. The van der Waals surface area contributed by atoms with E-state index in [1.54, 1.807) is 4.90 Å². The first-order valence-corrected chi connectivity index (χ1v) is 6.29. The van der Waals surface area contributed by atoms with E-state index in [0.717, 1.165) is 6.42 Å². The zero-order valence-corrected chi connectivity index (χ0v) is 10.7. The molecule has 1 heterocycles. The first kappa shape index (κ1) is 14.4. The van der Waals surface area contributed by atoms with Gasteiger partial charge in [-0.2, -0.15) is 0 Å². The fraction of sp³-hybridized carbons (Fsp3) is 0.917. The summed E-state index contributed by atoms with van der Waals surface area (Å²) in [5.74, 6) is 0.123. The normalized spacial score (nSPS) is 25.0. The molecule has 0 aromatic carbocycles. The van der Waals surface area contributed by atoms with Gasteiger partial charge in [0.05, 0.1) is 18.8 Å². The average molecular weight is 245 g/mol. The Balaban J connectivity index is 2.29. The minimum atomic E-state index is -0.241. The van der Waals surface area contributed by atoms with Gasteiger partial charge in [-0.05, 0) is 20.3 Å². The summed E-state index contributed by atoms with van der Waals surface area (Å²) >= 11 is 0. The van der Waals surface area contributed by atoms with E-state index in [1.807, 2.05) is 13.8 Å². The molecule has 5 nitrogen and oxygen atoms in total. The molecule has 0 aromatic heterocycles. The van der Waals surface area contributed by atoms with Crippen molar-refractivity contribution < 1.29 is 19.4 Å². The van der Waals surface area contributed by atoms with E-state index in [4.69, 9.17) is 14.6 Å². The molecule has 2 atom stereocenters. The molecule has 1 rings (SSSR count). The van der Waals surface area contributed by atoms with Gasteiger partial charge in [0.15, 0.2) is 0 Å². The quantitative estimate of drug-likeness (QED) is 0.689. The number of nitrogens with zero attached hydrogens (tertiary/aromatic N) is 1. The fourth-order valence-electron chi connectivity index (χ4n) is 1.98. The molecule has 5 heteroatoms. The van der Waals surface area contributed by atoms with Gasteiger partial charge in [-0.1, -0.05) is 0 Å². The van der Waals surface area contributed by atoms with Crippen molar-refractivity contribution in [2.75, 3.05) is 32.9 Å². The standard InChI is InChI=1S/C12H23NO4/c1-3-16-6-4-5-12(15)13-7-10(2)17-11(8-13)9-14/h10-11,14H,3-9H2,1-2H3. The maximum Gasteiger partial charge on any atom is 0.222 e. The van der Waals surface area contributed by atoms with Crippen LogP contribution in [0.15, 0.2) is 0 Å². The third-order valence-corrected chi connectivity index (χ3v) is 2.77. The van der Waals surface area contributed by atoms with Crippen LogP contribution in [0.5, 0.6) is 0 Å². The van der Waals surface area contributed by atoms with Gasteiger partial charge in [-0.25, -0.2) is 0 Å². The van der Waals surface area contributed by atoms with Crippen molar-refractivity contribution >= 4 is 5.91 Å². The minimum Gasteiger partial charge on any atom is -0.394 e. The van der Waals surface area contributed by atoms with Crippen LogP contribution in [-0.4, -0.2) is 61.0 Å². The van der Waals surface area contributed by atoms with E-state index >= 15 is 0 Å². The highest BCUT2D eigenvalue weighted by Gasteiger charge is 2.27. The van der Waals surface area contributed by atoms with Crippen LogP contribution in [-0.2, 0) is 14.3 Å². The Hall–Kier alpha value is -0.650. The number of hydrogen-bond donors (Lipinski definition) is 1. The molecule has 1 saturated heterocycles. The highest BCUT2D eigenvalue weighted by Crippen LogP contribution is 2.12. The van der Waals surface area contributed by atoms with Crippen LogP contribution in [0.4, 0.5) is 0 Å². The zero-order chi connectivity index (χ0) is 12.7. The van der Waals surface area contributed by atoms with Crippen molar-refractivity contribution in [2.24, 2.45) is 0 Å². The van der Waals surface area contributed by atoms with E-state index in [1.165, 1.54) is 0 Å². The highest BCUT2D eigenvalue weighted by molar-refractivity contribution is 5.76. The Morgan fingerprint density at radius 3 is 2.94 bits per heavy atom. The van der Waals surface area contributed by atoms with Gasteiger partial charge in [-0.15, -0.1) is 0 Å². The summed E-state index contributed by atoms with van der Waals surface area (Å²) in [4.78, 5) is 13.7. The summed E-state index contributed by atoms with van der Waals surface area (Å²) in [6.45, 7) is 6.26. The van der Waals surface area contributed by atoms with E-state index in [0.29, 0.717) is 32.7 Å². The summed E-state index contributed by atoms with van der Waals surface area (Å²) in [6.07, 6.45) is 1.01. The number of hydrogen-bond acceptors (Lipinski definition) is 4. The summed E-state index contributed by atoms with van der Waals surface area (Å²) in [7, 11) is 0. The number of aliphatic hydroxyl groups is 1. The molecule has 1 aliphatic heterocycles. The Bertz CT molecular complexity index is 235. The lowest BCUT2D eigenvalue weighted by Crippen LogP contribution is -2.50. The molecule has 1 amide bonds. The second kappa shape index (κ2) is 7.63. The van der Waals surface area contributed by atoms with Gasteiger partial charge in [0.1, 0.15) is 0 Å². The second-order valence-corrected chi connectivity index (χ2v) is 4.35. The molecule has 17 heavy (non-hydrogen) atoms. The summed E-state index contributed by atoms with van der Waals surface area (Å²) in [5, 5.41) is 9.07. The molecule has 100 valence electrons. The molecule has 1 fully saturated rings. The number of morpholine rings is 1. The average Bonchev–Trinajstić information content (AvgIpc) is 2.33. The summed E-state index contributed by atoms with van der Waals surface area (Å²) < 4.78 is 10.7. The molecule has 0 spiro atoms. The predicted octanol–water partition coefficient (Wildman–Crippen LogP) is 0.411. The number of carbonyl (C=O) groups excluding carboxylic acids is 1. The molecule has 0 radical (unpaired) electrons. The van der Waals surface area contributed by atoms with Crippen molar-refractivity contribution in [1.82, 2.24) is 4.90 Å². The molecular formula is C12H23NO4. The lowest BCUT2D eigenvalue weighted by Gasteiger charge is -2.36. The van der Waals surface area contributed by atoms with Crippen LogP contribution in [0.1, 0.15) is 26.7 Å². The van der Waals surface area contributed by atoms with Gasteiger partial charge in [0.2, 0.25) is 5.91 Å². The molecule has 0 aromatic rings. The number of carbonyl (C=O) groups is 1. The second-order valence-electron chi connectivity index (χ2n) is 4.35. The SMILES string of the molecule is CCOCCCC(=O)N1CC(C)OC(CO)C1. The fourth-order valence-corrected chi connectivity index (χ4v) is 1.98. The van der Waals surface area contributed by atoms with E-state index in [2.05, 4.69) is 0 Å². The van der Waals surface area contributed by atoms with Crippen LogP contribution in [0, 0.1) is 0 Å². The lowest BCUT2D eigenvalue weighted by atomic mass is 10.2. The predicted molar refractivity (Wildman–Crippen MR) is 63.7 cm³/mol. The third-order valence-electron chi connectivity index (χ3n) is 2.77. The molecule has 0 aliphatic carbocycles. The first-order chi connectivity index (χ1) is 8.17. The van der Waals surface area contributed by atoms with Crippen molar-refractivity contribution in [2.45, 2.75) is 38.9 Å².